The summed E-state index contributed by atoms with van der Waals surface area (Å²) in [6, 6.07) is 14.6. The molecule has 0 amide bonds. The van der Waals surface area contributed by atoms with Crippen molar-refractivity contribution < 1.29 is 0 Å². The van der Waals surface area contributed by atoms with E-state index in [0.717, 1.165) is 28.0 Å². The maximum absolute atomic E-state index is 4.42. The number of hydrogen-bond donors (Lipinski definition) is 0. The van der Waals surface area contributed by atoms with Gasteiger partial charge < -0.3 is 0 Å². The van der Waals surface area contributed by atoms with E-state index in [0.29, 0.717) is 0 Å². The average molecular weight is 310 g/mol. The summed E-state index contributed by atoms with van der Waals surface area (Å²) in [4.78, 5) is 0. The van der Waals surface area contributed by atoms with Gasteiger partial charge in [0.15, 0.2) is 5.82 Å². The highest BCUT2D eigenvalue weighted by Crippen LogP contribution is 2.21. The fourth-order valence-corrected chi connectivity index (χ4v) is 2.98. The van der Waals surface area contributed by atoms with E-state index in [1.165, 1.54) is 11.1 Å². The predicted molar refractivity (Wildman–Crippen MR) is 89.4 cm³/mol. The Bertz CT molecular complexity index is 760. The summed E-state index contributed by atoms with van der Waals surface area (Å²) in [6.45, 7) is 6.09. The molecule has 0 atom stereocenters. The summed E-state index contributed by atoms with van der Waals surface area (Å²) in [5, 5.41) is 13.9. The van der Waals surface area contributed by atoms with Crippen molar-refractivity contribution in [2.75, 3.05) is 0 Å². The molecule has 0 aliphatic rings. The second-order valence-corrected chi connectivity index (χ2v) is 6.34. The minimum atomic E-state index is 0.755. The van der Waals surface area contributed by atoms with Gasteiger partial charge in [0, 0.05) is 11.4 Å². The molecular formula is C17H18N4S. The molecule has 4 nitrogen and oxygen atoms in total. The molecule has 0 aliphatic heterocycles. The first kappa shape index (κ1) is 14.8. The van der Waals surface area contributed by atoms with Gasteiger partial charge in [0.1, 0.15) is 5.03 Å². The molecule has 2 heterocycles. The van der Waals surface area contributed by atoms with Gasteiger partial charge in [-0.05, 0) is 44.5 Å². The van der Waals surface area contributed by atoms with Crippen molar-refractivity contribution >= 4 is 11.8 Å². The second-order valence-electron chi connectivity index (χ2n) is 5.34. The maximum atomic E-state index is 4.42. The van der Waals surface area contributed by atoms with E-state index in [-0.39, 0.29) is 0 Å². The van der Waals surface area contributed by atoms with Gasteiger partial charge in [0.25, 0.3) is 0 Å². The standard InChI is InChI=1S/C17H18N4S/c1-12-4-6-15(7-5-12)11-22-17-9-8-16(18-19-17)21-14(3)10-13(2)20-21/h4-10H,11H2,1-3H3. The van der Waals surface area contributed by atoms with Crippen LogP contribution in [0, 0.1) is 20.8 Å². The van der Waals surface area contributed by atoms with Gasteiger partial charge in [-0.2, -0.15) is 5.10 Å². The number of benzene rings is 1. The Labute approximate surface area is 134 Å². The predicted octanol–water partition coefficient (Wildman–Crippen LogP) is 3.88. The van der Waals surface area contributed by atoms with Crippen LogP contribution in [0.3, 0.4) is 0 Å². The smallest absolute Gasteiger partial charge is 0.175 e. The number of aryl methyl sites for hydroxylation is 3. The third kappa shape index (κ3) is 3.36. The van der Waals surface area contributed by atoms with E-state index >= 15 is 0 Å². The first-order valence-electron chi connectivity index (χ1n) is 7.17. The fourth-order valence-electron chi connectivity index (χ4n) is 2.21. The Hall–Kier alpha value is -2.14. The molecule has 0 spiro atoms. The monoisotopic (exact) mass is 310 g/mol. The van der Waals surface area contributed by atoms with E-state index in [4.69, 9.17) is 0 Å². The highest BCUT2D eigenvalue weighted by Gasteiger charge is 2.06. The van der Waals surface area contributed by atoms with Crippen molar-refractivity contribution in [3.05, 3.63) is 65.0 Å². The van der Waals surface area contributed by atoms with Crippen LogP contribution in [-0.4, -0.2) is 20.0 Å². The van der Waals surface area contributed by atoms with Gasteiger partial charge in [0.05, 0.1) is 5.69 Å². The first-order chi connectivity index (χ1) is 10.6. The van der Waals surface area contributed by atoms with Gasteiger partial charge in [-0.25, -0.2) is 4.68 Å². The van der Waals surface area contributed by atoms with E-state index in [1.807, 2.05) is 36.7 Å². The average Bonchev–Trinajstić information content (AvgIpc) is 2.86. The number of nitrogens with zero attached hydrogens (tertiary/aromatic N) is 4. The van der Waals surface area contributed by atoms with Crippen molar-refractivity contribution in [3.63, 3.8) is 0 Å². The lowest BCUT2D eigenvalue weighted by Crippen LogP contribution is -2.03. The summed E-state index contributed by atoms with van der Waals surface area (Å²) in [5.41, 5.74) is 4.62. The highest BCUT2D eigenvalue weighted by molar-refractivity contribution is 7.98. The van der Waals surface area contributed by atoms with Crippen LogP contribution in [-0.2, 0) is 5.75 Å². The van der Waals surface area contributed by atoms with E-state index in [2.05, 4.69) is 46.5 Å². The van der Waals surface area contributed by atoms with Crippen LogP contribution in [0.15, 0.2) is 47.5 Å². The van der Waals surface area contributed by atoms with Crippen LogP contribution in [0.5, 0.6) is 0 Å². The van der Waals surface area contributed by atoms with Gasteiger partial charge in [0.2, 0.25) is 0 Å². The molecule has 0 radical (unpaired) electrons. The van der Waals surface area contributed by atoms with E-state index < -0.39 is 0 Å². The zero-order valence-electron chi connectivity index (χ0n) is 12.9. The first-order valence-corrected chi connectivity index (χ1v) is 8.16. The number of aromatic nitrogens is 4. The summed E-state index contributed by atoms with van der Waals surface area (Å²) in [5.74, 6) is 1.65. The minimum Gasteiger partial charge on any atom is -0.218 e. The Morgan fingerprint density at radius 1 is 0.955 bits per heavy atom. The zero-order valence-corrected chi connectivity index (χ0v) is 13.8. The topological polar surface area (TPSA) is 43.6 Å². The molecule has 0 saturated carbocycles. The molecule has 3 rings (SSSR count). The second kappa shape index (κ2) is 6.32. The van der Waals surface area contributed by atoms with Crippen LogP contribution in [0.25, 0.3) is 5.82 Å². The van der Waals surface area contributed by atoms with Crippen molar-refractivity contribution in [1.82, 2.24) is 20.0 Å². The molecular weight excluding hydrogens is 292 g/mol. The SMILES string of the molecule is Cc1ccc(CSc2ccc(-n3nc(C)cc3C)nn2)cc1. The number of thioether (sulfide) groups is 1. The van der Waals surface area contributed by atoms with Crippen LogP contribution >= 0.6 is 11.8 Å². The number of hydrogen-bond acceptors (Lipinski definition) is 4. The summed E-state index contributed by atoms with van der Waals surface area (Å²) < 4.78 is 1.82. The Kier molecular flexibility index (Phi) is 4.24. The molecule has 0 fully saturated rings. The minimum absolute atomic E-state index is 0.755. The quantitative estimate of drug-likeness (QED) is 0.686. The molecule has 0 N–H and O–H groups in total. The molecule has 0 bridgehead atoms. The summed E-state index contributed by atoms with van der Waals surface area (Å²) in [7, 11) is 0. The van der Waals surface area contributed by atoms with Crippen LogP contribution in [0.1, 0.15) is 22.5 Å². The van der Waals surface area contributed by atoms with Crippen molar-refractivity contribution in [2.24, 2.45) is 0 Å². The molecule has 2 aromatic heterocycles. The molecule has 0 saturated heterocycles. The highest BCUT2D eigenvalue weighted by atomic mass is 32.2. The molecule has 1 aromatic carbocycles. The largest absolute Gasteiger partial charge is 0.218 e. The lowest BCUT2D eigenvalue weighted by Gasteiger charge is -2.04. The molecule has 112 valence electrons. The Morgan fingerprint density at radius 3 is 2.32 bits per heavy atom. The fraction of sp³-hybridized carbons (Fsp3) is 0.235. The summed E-state index contributed by atoms with van der Waals surface area (Å²) >= 11 is 1.69. The maximum Gasteiger partial charge on any atom is 0.175 e. The molecule has 5 heteroatoms. The van der Waals surface area contributed by atoms with Crippen LogP contribution < -0.4 is 0 Å². The van der Waals surface area contributed by atoms with Crippen molar-refractivity contribution in [3.8, 4) is 5.82 Å². The molecule has 0 unspecified atom stereocenters. The molecule has 3 aromatic rings. The molecule has 22 heavy (non-hydrogen) atoms. The van der Waals surface area contributed by atoms with Gasteiger partial charge >= 0.3 is 0 Å². The van der Waals surface area contributed by atoms with E-state index in [1.54, 1.807) is 11.8 Å². The van der Waals surface area contributed by atoms with Crippen LogP contribution in [0.4, 0.5) is 0 Å². The lowest BCUT2D eigenvalue weighted by molar-refractivity contribution is 0.765. The summed E-state index contributed by atoms with van der Waals surface area (Å²) in [6.07, 6.45) is 0. The third-order valence-electron chi connectivity index (χ3n) is 3.36. The zero-order chi connectivity index (χ0) is 15.5. The van der Waals surface area contributed by atoms with Gasteiger partial charge in [-0.1, -0.05) is 41.6 Å². The van der Waals surface area contributed by atoms with Crippen molar-refractivity contribution in [1.29, 1.82) is 0 Å². The van der Waals surface area contributed by atoms with E-state index in [9.17, 15) is 0 Å². The lowest BCUT2D eigenvalue weighted by atomic mass is 10.2. The van der Waals surface area contributed by atoms with Crippen molar-refractivity contribution in [2.45, 2.75) is 31.6 Å². The third-order valence-corrected chi connectivity index (χ3v) is 4.35. The molecule has 0 aliphatic carbocycles. The number of rotatable bonds is 4. The van der Waals surface area contributed by atoms with Gasteiger partial charge in [-0.3, -0.25) is 0 Å². The van der Waals surface area contributed by atoms with Gasteiger partial charge in [-0.15, -0.1) is 10.2 Å². The Balaban J connectivity index is 1.69. The normalized spacial score (nSPS) is 10.9. The van der Waals surface area contributed by atoms with Crippen LogP contribution in [0.2, 0.25) is 0 Å². The Morgan fingerprint density at radius 2 is 1.73 bits per heavy atom.